The van der Waals surface area contributed by atoms with Crippen LogP contribution < -0.4 is 0 Å². The number of nitrogens with zero attached hydrogens (tertiary/aromatic N) is 1. The van der Waals surface area contributed by atoms with E-state index in [1.54, 1.807) is 20.8 Å². The Bertz CT molecular complexity index is 612. The molecule has 0 bridgehead atoms. The SMILES string of the molecule is COC(=O)c1ccc(C(=O)C2CCN(C(=O)OC(C)(C)C)C2)o1. The molecule has 0 spiro atoms. The minimum atomic E-state index is -0.633. The molecule has 126 valence electrons. The van der Waals surface area contributed by atoms with Crippen LogP contribution in [0.25, 0.3) is 0 Å². The summed E-state index contributed by atoms with van der Waals surface area (Å²) in [5.74, 6) is -1.14. The molecule has 0 aromatic carbocycles. The van der Waals surface area contributed by atoms with Gasteiger partial charge < -0.3 is 18.8 Å². The van der Waals surface area contributed by atoms with Crippen LogP contribution in [0.5, 0.6) is 0 Å². The first-order chi connectivity index (χ1) is 10.7. The molecule has 2 heterocycles. The zero-order valence-electron chi connectivity index (χ0n) is 13.8. The van der Waals surface area contributed by atoms with E-state index in [-0.39, 0.29) is 29.8 Å². The summed E-state index contributed by atoms with van der Waals surface area (Å²) in [6, 6.07) is 2.85. The summed E-state index contributed by atoms with van der Waals surface area (Å²) < 4.78 is 15.1. The average Bonchev–Trinajstić information content (AvgIpc) is 3.13. The quantitative estimate of drug-likeness (QED) is 0.627. The number of Topliss-reactive ketones (excluding diaryl/α,β-unsaturated/α-hetero) is 1. The van der Waals surface area contributed by atoms with Crippen molar-refractivity contribution in [3.63, 3.8) is 0 Å². The molecule has 1 aromatic heterocycles. The second-order valence-electron chi connectivity index (χ2n) is 6.43. The van der Waals surface area contributed by atoms with Gasteiger partial charge in [0.15, 0.2) is 5.76 Å². The third-order valence-corrected chi connectivity index (χ3v) is 3.45. The van der Waals surface area contributed by atoms with Gasteiger partial charge in [-0.25, -0.2) is 9.59 Å². The molecule has 1 saturated heterocycles. The van der Waals surface area contributed by atoms with E-state index in [0.29, 0.717) is 13.0 Å². The molecule has 0 saturated carbocycles. The number of rotatable bonds is 3. The Balaban J connectivity index is 1.98. The van der Waals surface area contributed by atoms with Crippen LogP contribution in [0.1, 0.15) is 48.3 Å². The van der Waals surface area contributed by atoms with Crippen molar-refractivity contribution in [1.29, 1.82) is 0 Å². The Hall–Kier alpha value is -2.31. The maximum absolute atomic E-state index is 12.4. The van der Waals surface area contributed by atoms with Gasteiger partial charge in [-0.05, 0) is 39.3 Å². The lowest BCUT2D eigenvalue weighted by Gasteiger charge is -2.24. The number of amides is 1. The van der Waals surface area contributed by atoms with Crippen LogP contribution in [0.4, 0.5) is 4.79 Å². The zero-order valence-corrected chi connectivity index (χ0v) is 13.8. The molecule has 0 radical (unpaired) electrons. The molecule has 1 unspecified atom stereocenters. The van der Waals surface area contributed by atoms with E-state index < -0.39 is 17.7 Å². The number of ether oxygens (including phenoxy) is 2. The fourth-order valence-corrected chi connectivity index (χ4v) is 2.35. The van der Waals surface area contributed by atoms with Crippen LogP contribution in [-0.2, 0) is 9.47 Å². The summed E-state index contributed by atoms with van der Waals surface area (Å²) in [5.41, 5.74) is -0.574. The maximum Gasteiger partial charge on any atom is 0.410 e. The van der Waals surface area contributed by atoms with E-state index in [2.05, 4.69) is 4.74 Å². The molecule has 0 N–H and O–H groups in total. The fourth-order valence-electron chi connectivity index (χ4n) is 2.35. The average molecular weight is 323 g/mol. The van der Waals surface area contributed by atoms with Gasteiger partial charge >= 0.3 is 12.1 Å². The number of carbonyl (C=O) groups excluding carboxylic acids is 3. The van der Waals surface area contributed by atoms with Crippen LogP contribution >= 0.6 is 0 Å². The predicted molar refractivity (Wildman–Crippen MR) is 80.3 cm³/mol. The van der Waals surface area contributed by atoms with Crippen molar-refractivity contribution in [3.8, 4) is 0 Å². The molecule has 1 aliphatic heterocycles. The first-order valence-electron chi connectivity index (χ1n) is 7.41. The number of carbonyl (C=O) groups is 3. The van der Waals surface area contributed by atoms with Crippen LogP contribution in [0, 0.1) is 5.92 Å². The van der Waals surface area contributed by atoms with Gasteiger partial charge in [0.2, 0.25) is 11.5 Å². The summed E-state index contributed by atoms with van der Waals surface area (Å²) in [6.07, 6.45) is 0.106. The predicted octanol–water partition coefficient (Wildman–Crippen LogP) is 2.51. The highest BCUT2D eigenvalue weighted by Crippen LogP contribution is 2.24. The molecule has 1 amide bonds. The fraction of sp³-hybridized carbons (Fsp3) is 0.562. The van der Waals surface area contributed by atoms with Gasteiger partial charge in [-0.15, -0.1) is 0 Å². The molecule has 23 heavy (non-hydrogen) atoms. The highest BCUT2D eigenvalue weighted by Gasteiger charge is 2.35. The van der Waals surface area contributed by atoms with Gasteiger partial charge in [-0.1, -0.05) is 0 Å². The second-order valence-corrected chi connectivity index (χ2v) is 6.43. The molecule has 1 aromatic rings. The van der Waals surface area contributed by atoms with Crippen LogP contribution in [0.2, 0.25) is 0 Å². The highest BCUT2D eigenvalue weighted by molar-refractivity contribution is 5.97. The number of hydrogen-bond acceptors (Lipinski definition) is 6. The van der Waals surface area contributed by atoms with E-state index in [1.165, 1.54) is 24.1 Å². The molecule has 2 rings (SSSR count). The first-order valence-corrected chi connectivity index (χ1v) is 7.41. The first kappa shape index (κ1) is 17.1. The van der Waals surface area contributed by atoms with E-state index in [1.807, 2.05) is 0 Å². The molecule has 7 nitrogen and oxygen atoms in total. The summed E-state index contributed by atoms with van der Waals surface area (Å²) >= 11 is 0. The van der Waals surface area contributed by atoms with Gasteiger partial charge in [-0.2, -0.15) is 0 Å². The zero-order chi connectivity index (χ0) is 17.2. The number of hydrogen-bond donors (Lipinski definition) is 0. The van der Waals surface area contributed by atoms with Crippen molar-refractivity contribution < 1.29 is 28.3 Å². The number of esters is 1. The van der Waals surface area contributed by atoms with Crippen molar-refractivity contribution >= 4 is 17.8 Å². The maximum atomic E-state index is 12.4. The van der Waals surface area contributed by atoms with Gasteiger partial charge in [0.05, 0.1) is 7.11 Å². The van der Waals surface area contributed by atoms with Crippen molar-refractivity contribution in [2.75, 3.05) is 20.2 Å². The Morgan fingerprint density at radius 3 is 2.48 bits per heavy atom. The number of ketones is 1. The lowest BCUT2D eigenvalue weighted by molar-refractivity contribution is 0.0289. The topological polar surface area (TPSA) is 86.1 Å². The molecule has 1 fully saturated rings. The number of methoxy groups -OCH3 is 1. The smallest absolute Gasteiger partial charge is 0.410 e. The van der Waals surface area contributed by atoms with Crippen LogP contribution in [0.15, 0.2) is 16.5 Å². The monoisotopic (exact) mass is 323 g/mol. The Morgan fingerprint density at radius 2 is 1.87 bits per heavy atom. The molecular formula is C16H21NO6. The molecule has 0 aliphatic carbocycles. The van der Waals surface area contributed by atoms with Gasteiger partial charge in [0, 0.05) is 19.0 Å². The van der Waals surface area contributed by atoms with E-state index in [4.69, 9.17) is 9.15 Å². The van der Waals surface area contributed by atoms with E-state index in [0.717, 1.165) is 0 Å². The van der Waals surface area contributed by atoms with Crippen LogP contribution in [0.3, 0.4) is 0 Å². The standard InChI is InChI=1S/C16H21NO6/c1-16(2,3)23-15(20)17-8-7-10(9-17)13(18)11-5-6-12(22-11)14(19)21-4/h5-6,10H,7-9H2,1-4H3. The van der Waals surface area contributed by atoms with Crippen molar-refractivity contribution in [2.45, 2.75) is 32.8 Å². The summed E-state index contributed by atoms with van der Waals surface area (Å²) in [5, 5.41) is 0. The Kier molecular flexibility index (Phi) is 4.77. The number of furan rings is 1. The van der Waals surface area contributed by atoms with Crippen molar-refractivity contribution in [3.05, 3.63) is 23.7 Å². The van der Waals surface area contributed by atoms with Crippen LogP contribution in [-0.4, -0.2) is 48.5 Å². The van der Waals surface area contributed by atoms with Gasteiger partial charge in [0.25, 0.3) is 0 Å². The highest BCUT2D eigenvalue weighted by atomic mass is 16.6. The number of likely N-dealkylation sites (tertiary alicyclic amines) is 1. The summed E-state index contributed by atoms with van der Waals surface area (Å²) in [7, 11) is 1.24. The molecular weight excluding hydrogens is 302 g/mol. The lowest BCUT2D eigenvalue weighted by atomic mass is 10.0. The Morgan fingerprint density at radius 1 is 1.22 bits per heavy atom. The molecule has 7 heteroatoms. The van der Waals surface area contributed by atoms with Crippen molar-refractivity contribution in [1.82, 2.24) is 4.90 Å². The summed E-state index contributed by atoms with van der Waals surface area (Å²) in [6.45, 7) is 6.11. The largest absolute Gasteiger partial charge is 0.463 e. The third-order valence-electron chi connectivity index (χ3n) is 3.45. The molecule has 1 atom stereocenters. The third kappa shape index (κ3) is 4.12. The van der Waals surface area contributed by atoms with Crippen molar-refractivity contribution in [2.24, 2.45) is 5.92 Å². The summed E-state index contributed by atoms with van der Waals surface area (Å²) in [4.78, 5) is 37.3. The Labute approximate surface area is 134 Å². The second kappa shape index (κ2) is 6.44. The van der Waals surface area contributed by atoms with E-state index >= 15 is 0 Å². The van der Waals surface area contributed by atoms with E-state index in [9.17, 15) is 14.4 Å². The minimum absolute atomic E-state index is 0.0159. The normalized spacial score (nSPS) is 17.9. The van der Waals surface area contributed by atoms with Gasteiger partial charge in [0.1, 0.15) is 5.60 Å². The minimum Gasteiger partial charge on any atom is -0.463 e. The van der Waals surface area contributed by atoms with Gasteiger partial charge in [-0.3, -0.25) is 4.79 Å². The lowest BCUT2D eigenvalue weighted by Crippen LogP contribution is -2.35. The molecule has 1 aliphatic rings.